The summed E-state index contributed by atoms with van der Waals surface area (Å²) in [5.41, 5.74) is 0.0296. The molecule has 2 aromatic carbocycles. The highest BCUT2D eigenvalue weighted by atomic mass is 19.4. The van der Waals surface area contributed by atoms with Gasteiger partial charge in [-0.2, -0.15) is 13.2 Å². The topological polar surface area (TPSA) is 26.3 Å². The molecule has 0 saturated carbocycles. The first-order valence-corrected chi connectivity index (χ1v) is 6.47. The molecule has 0 saturated heterocycles. The molecule has 22 heavy (non-hydrogen) atoms. The van der Waals surface area contributed by atoms with Gasteiger partial charge in [0, 0.05) is 0 Å². The number of benzene rings is 2. The second kappa shape index (κ2) is 6.47. The Labute approximate surface area is 125 Å². The van der Waals surface area contributed by atoms with Crippen molar-refractivity contribution in [1.82, 2.24) is 0 Å². The molecule has 0 aliphatic rings. The lowest BCUT2D eigenvalue weighted by Crippen LogP contribution is -2.10. The Morgan fingerprint density at radius 3 is 2.14 bits per heavy atom. The Hall–Kier alpha value is -2.56. The standard InChI is InChI=1S/C17H13F3O2/c1-2-15(22-16(21)13-6-4-3-5-7-13)12-8-10-14(11-9-12)17(18,19)20/h2-11,15H,1H2/t15-/m1/s1. The van der Waals surface area contributed by atoms with Gasteiger partial charge in [-0.15, -0.1) is 0 Å². The number of esters is 1. The van der Waals surface area contributed by atoms with E-state index in [0.29, 0.717) is 11.1 Å². The lowest BCUT2D eigenvalue weighted by atomic mass is 10.1. The molecule has 2 aromatic rings. The van der Waals surface area contributed by atoms with E-state index in [4.69, 9.17) is 4.74 Å². The lowest BCUT2D eigenvalue weighted by molar-refractivity contribution is -0.137. The third-order valence-electron chi connectivity index (χ3n) is 3.02. The smallest absolute Gasteiger partial charge is 0.416 e. The third-order valence-corrected chi connectivity index (χ3v) is 3.02. The molecule has 0 heterocycles. The van der Waals surface area contributed by atoms with Gasteiger partial charge in [-0.3, -0.25) is 0 Å². The molecule has 0 aromatic heterocycles. The molecule has 0 fully saturated rings. The summed E-state index contributed by atoms with van der Waals surface area (Å²) in [5, 5.41) is 0. The first-order valence-electron chi connectivity index (χ1n) is 6.47. The zero-order valence-corrected chi connectivity index (χ0v) is 11.5. The van der Waals surface area contributed by atoms with E-state index >= 15 is 0 Å². The molecule has 114 valence electrons. The monoisotopic (exact) mass is 306 g/mol. The molecule has 0 bridgehead atoms. The summed E-state index contributed by atoms with van der Waals surface area (Å²) in [7, 11) is 0. The van der Waals surface area contributed by atoms with Crippen molar-refractivity contribution in [1.29, 1.82) is 0 Å². The number of rotatable bonds is 4. The van der Waals surface area contributed by atoms with Crippen LogP contribution in [0.2, 0.25) is 0 Å². The van der Waals surface area contributed by atoms with Crippen LogP contribution in [0.25, 0.3) is 0 Å². The van der Waals surface area contributed by atoms with Crippen molar-refractivity contribution in [2.24, 2.45) is 0 Å². The predicted octanol–water partition coefficient (Wildman–Crippen LogP) is 4.79. The van der Waals surface area contributed by atoms with E-state index in [9.17, 15) is 18.0 Å². The van der Waals surface area contributed by atoms with E-state index in [1.54, 1.807) is 30.3 Å². The van der Waals surface area contributed by atoms with Crippen molar-refractivity contribution in [2.45, 2.75) is 12.3 Å². The number of carbonyl (C=O) groups excluding carboxylic acids is 1. The van der Waals surface area contributed by atoms with Crippen LogP contribution in [0.3, 0.4) is 0 Å². The fourth-order valence-electron chi connectivity index (χ4n) is 1.87. The minimum Gasteiger partial charge on any atom is -0.450 e. The van der Waals surface area contributed by atoms with E-state index in [1.807, 2.05) is 0 Å². The van der Waals surface area contributed by atoms with Crippen molar-refractivity contribution >= 4 is 5.97 Å². The van der Waals surface area contributed by atoms with Crippen molar-refractivity contribution in [2.75, 3.05) is 0 Å². The summed E-state index contributed by atoms with van der Waals surface area (Å²) in [6.45, 7) is 3.56. The molecule has 0 aliphatic heterocycles. The fourth-order valence-corrected chi connectivity index (χ4v) is 1.87. The number of carbonyl (C=O) groups is 1. The molecule has 2 nitrogen and oxygen atoms in total. The normalized spacial score (nSPS) is 12.5. The second-order valence-electron chi connectivity index (χ2n) is 4.55. The minimum atomic E-state index is -4.40. The number of halogens is 3. The molecular formula is C17H13F3O2. The van der Waals surface area contributed by atoms with Crippen LogP contribution in [-0.2, 0) is 10.9 Å². The quantitative estimate of drug-likeness (QED) is 0.599. The lowest BCUT2D eigenvalue weighted by Gasteiger charge is -2.15. The number of hydrogen-bond acceptors (Lipinski definition) is 2. The average molecular weight is 306 g/mol. The largest absolute Gasteiger partial charge is 0.450 e. The van der Waals surface area contributed by atoms with Gasteiger partial charge in [0.25, 0.3) is 0 Å². The zero-order valence-electron chi connectivity index (χ0n) is 11.5. The maximum absolute atomic E-state index is 12.5. The van der Waals surface area contributed by atoms with Crippen LogP contribution in [0.4, 0.5) is 13.2 Å². The summed E-state index contributed by atoms with van der Waals surface area (Å²) in [4.78, 5) is 12.0. The number of ether oxygens (including phenoxy) is 1. The summed E-state index contributed by atoms with van der Waals surface area (Å²) in [6, 6.07) is 12.8. The van der Waals surface area contributed by atoms with Crippen molar-refractivity contribution in [3.8, 4) is 0 Å². The second-order valence-corrected chi connectivity index (χ2v) is 4.55. The molecule has 0 amide bonds. The van der Waals surface area contributed by atoms with Gasteiger partial charge >= 0.3 is 12.1 Å². The highest BCUT2D eigenvalue weighted by molar-refractivity contribution is 5.89. The Bertz CT molecular complexity index is 646. The minimum absolute atomic E-state index is 0.362. The van der Waals surface area contributed by atoms with Crippen LogP contribution in [0.15, 0.2) is 67.3 Å². The van der Waals surface area contributed by atoms with E-state index in [0.717, 1.165) is 12.1 Å². The fraction of sp³-hybridized carbons (Fsp3) is 0.118. The summed E-state index contributed by atoms with van der Waals surface area (Å²) in [5.74, 6) is -0.564. The van der Waals surface area contributed by atoms with E-state index < -0.39 is 23.8 Å². The summed E-state index contributed by atoms with van der Waals surface area (Å²) < 4.78 is 42.8. The Morgan fingerprint density at radius 1 is 1.05 bits per heavy atom. The Kier molecular flexibility index (Phi) is 4.65. The van der Waals surface area contributed by atoms with E-state index in [-0.39, 0.29) is 0 Å². The van der Waals surface area contributed by atoms with Crippen LogP contribution in [-0.4, -0.2) is 5.97 Å². The van der Waals surface area contributed by atoms with Gasteiger partial charge in [0.2, 0.25) is 0 Å². The molecule has 0 radical (unpaired) electrons. The molecule has 2 rings (SSSR count). The Balaban J connectivity index is 2.15. The van der Waals surface area contributed by atoms with E-state index in [1.165, 1.54) is 18.2 Å². The molecule has 5 heteroatoms. The maximum atomic E-state index is 12.5. The van der Waals surface area contributed by atoms with Crippen LogP contribution in [0.5, 0.6) is 0 Å². The first kappa shape index (κ1) is 15.8. The first-order chi connectivity index (χ1) is 10.4. The molecule has 0 N–H and O–H groups in total. The van der Waals surface area contributed by atoms with Crippen LogP contribution >= 0.6 is 0 Å². The van der Waals surface area contributed by atoms with Gasteiger partial charge < -0.3 is 4.74 Å². The number of hydrogen-bond donors (Lipinski definition) is 0. The van der Waals surface area contributed by atoms with Crippen LogP contribution in [0, 0.1) is 0 Å². The highest BCUT2D eigenvalue weighted by Crippen LogP contribution is 2.30. The maximum Gasteiger partial charge on any atom is 0.416 e. The SMILES string of the molecule is C=C[C@@H](OC(=O)c1ccccc1)c1ccc(C(F)(F)F)cc1. The van der Waals surface area contributed by atoms with Crippen LogP contribution in [0.1, 0.15) is 27.6 Å². The molecule has 0 aliphatic carbocycles. The molecule has 0 spiro atoms. The van der Waals surface area contributed by atoms with Crippen LogP contribution < -0.4 is 0 Å². The number of alkyl halides is 3. The van der Waals surface area contributed by atoms with Gasteiger partial charge in [0.15, 0.2) is 0 Å². The van der Waals surface area contributed by atoms with Crippen molar-refractivity contribution < 1.29 is 22.7 Å². The van der Waals surface area contributed by atoms with Gasteiger partial charge in [-0.05, 0) is 35.9 Å². The Morgan fingerprint density at radius 2 is 1.64 bits per heavy atom. The average Bonchev–Trinajstić information content (AvgIpc) is 2.52. The molecular weight excluding hydrogens is 293 g/mol. The van der Waals surface area contributed by atoms with Gasteiger partial charge in [-0.25, -0.2) is 4.79 Å². The van der Waals surface area contributed by atoms with Gasteiger partial charge in [0.1, 0.15) is 6.10 Å². The van der Waals surface area contributed by atoms with Crippen molar-refractivity contribution in [3.05, 3.63) is 83.9 Å². The molecule has 0 unspecified atom stereocenters. The predicted molar refractivity (Wildman–Crippen MR) is 76.2 cm³/mol. The van der Waals surface area contributed by atoms with Gasteiger partial charge in [0.05, 0.1) is 11.1 Å². The summed E-state index contributed by atoms with van der Waals surface area (Å²) in [6.07, 6.45) is -3.85. The van der Waals surface area contributed by atoms with Gasteiger partial charge in [-0.1, -0.05) is 36.9 Å². The highest BCUT2D eigenvalue weighted by Gasteiger charge is 2.30. The summed E-state index contributed by atoms with van der Waals surface area (Å²) >= 11 is 0. The zero-order chi connectivity index (χ0) is 16.2. The third kappa shape index (κ3) is 3.75. The molecule has 1 atom stereocenters. The van der Waals surface area contributed by atoms with Crippen molar-refractivity contribution in [3.63, 3.8) is 0 Å². The van der Waals surface area contributed by atoms with E-state index in [2.05, 4.69) is 6.58 Å².